The summed E-state index contributed by atoms with van der Waals surface area (Å²) < 4.78 is 15.2. The van der Waals surface area contributed by atoms with Crippen LogP contribution in [0.15, 0.2) is 42.5 Å². The molecule has 10 heteroatoms. The monoisotopic (exact) mass is 415 g/mol. The average Bonchev–Trinajstić information content (AvgIpc) is 2.78. The quantitative estimate of drug-likeness (QED) is 0.415. The number of nitrogens with zero attached hydrogens (tertiary/aromatic N) is 2. The molecule has 1 amide bonds. The highest BCUT2D eigenvalue weighted by Crippen LogP contribution is 2.28. The minimum absolute atomic E-state index is 0.0151. The number of carbonyl (C=O) groups excluding carboxylic acids is 2. The first-order valence-corrected chi connectivity index (χ1v) is 9.20. The first kappa shape index (κ1) is 21.1. The van der Waals surface area contributed by atoms with E-state index in [1.54, 1.807) is 12.1 Å². The number of ether oxygens (including phenoxy) is 3. The van der Waals surface area contributed by atoms with E-state index in [4.69, 9.17) is 9.47 Å². The van der Waals surface area contributed by atoms with Crippen LogP contribution in [0.5, 0.6) is 5.75 Å². The molecule has 0 aromatic heterocycles. The van der Waals surface area contributed by atoms with Gasteiger partial charge in [0.05, 0.1) is 30.8 Å². The molecule has 0 bridgehead atoms. The molecule has 1 heterocycles. The predicted molar refractivity (Wildman–Crippen MR) is 108 cm³/mol. The van der Waals surface area contributed by atoms with Gasteiger partial charge in [0.1, 0.15) is 0 Å². The molecule has 1 aliphatic heterocycles. The largest absolute Gasteiger partial charge is 0.477 e. The van der Waals surface area contributed by atoms with Crippen LogP contribution in [-0.4, -0.2) is 56.8 Å². The molecule has 0 saturated carbocycles. The molecule has 0 aliphatic carbocycles. The Morgan fingerprint density at radius 3 is 2.50 bits per heavy atom. The Kier molecular flexibility index (Phi) is 6.81. The van der Waals surface area contributed by atoms with Crippen LogP contribution in [-0.2, 0) is 14.3 Å². The van der Waals surface area contributed by atoms with Gasteiger partial charge < -0.3 is 24.4 Å². The van der Waals surface area contributed by atoms with Crippen LogP contribution >= 0.6 is 0 Å². The van der Waals surface area contributed by atoms with Crippen LogP contribution in [0.25, 0.3) is 0 Å². The van der Waals surface area contributed by atoms with Gasteiger partial charge in [-0.15, -0.1) is 0 Å². The van der Waals surface area contributed by atoms with Gasteiger partial charge in [-0.25, -0.2) is 4.79 Å². The molecule has 0 atom stereocenters. The highest BCUT2D eigenvalue weighted by atomic mass is 16.6. The normalized spacial score (nSPS) is 13.4. The van der Waals surface area contributed by atoms with Gasteiger partial charge in [-0.1, -0.05) is 0 Å². The van der Waals surface area contributed by atoms with Crippen molar-refractivity contribution in [2.45, 2.75) is 0 Å². The Labute approximate surface area is 172 Å². The van der Waals surface area contributed by atoms with E-state index in [1.165, 1.54) is 19.2 Å². The van der Waals surface area contributed by atoms with E-state index in [2.05, 4.69) is 15.0 Å². The highest BCUT2D eigenvalue weighted by molar-refractivity contribution is 5.92. The topological polar surface area (TPSA) is 120 Å². The van der Waals surface area contributed by atoms with Crippen molar-refractivity contribution in [2.24, 2.45) is 0 Å². The number of benzene rings is 2. The van der Waals surface area contributed by atoms with Crippen molar-refractivity contribution in [2.75, 3.05) is 50.2 Å². The van der Waals surface area contributed by atoms with E-state index >= 15 is 0 Å². The summed E-state index contributed by atoms with van der Waals surface area (Å²) in [6.45, 7) is 2.56. The molecule has 0 spiro atoms. The summed E-state index contributed by atoms with van der Waals surface area (Å²) in [6.07, 6.45) is 0. The van der Waals surface area contributed by atoms with Crippen molar-refractivity contribution in [3.8, 4) is 5.75 Å². The lowest BCUT2D eigenvalue weighted by Crippen LogP contribution is -2.36. The molecule has 158 valence electrons. The van der Waals surface area contributed by atoms with Gasteiger partial charge in [-0.05, 0) is 36.4 Å². The van der Waals surface area contributed by atoms with E-state index in [1.807, 2.05) is 12.1 Å². The van der Waals surface area contributed by atoms with Crippen molar-refractivity contribution in [3.05, 3.63) is 58.1 Å². The number of hydrogen-bond donors (Lipinski definition) is 1. The van der Waals surface area contributed by atoms with E-state index < -0.39 is 29.1 Å². The van der Waals surface area contributed by atoms with Crippen molar-refractivity contribution < 1.29 is 28.7 Å². The number of amides is 1. The third-order valence-electron chi connectivity index (χ3n) is 4.46. The number of carbonyl (C=O) groups is 2. The molecule has 3 rings (SSSR count). The lowest BCUT2D eigenvalue weighted by atomic mass is 10.2. The van der Waals surface area contributed by atoms with Crippen molar-refractivity contribution >= 4 is 28.9 Å². The molecular weight excluding hydrogens is 394 g/mol. The number of morpholine rings is 1. The Balaban J connectivity index is 1.59. The molecule has 0 radical (unpaired) electrons. The van der Waals surface area contributed by atoms with Crippen LogP contribution in [0, 0.1) is 10.1 Å². The van der Waals surface area contributed by atoms with Gasteiger partial charge in [0.25, 0.3) is 5.91 Å². The van der Waals surface area contributed by atoms with Crippen LogP contribution in [0.4, 0.5) is 17.1 Å². The summed E-state index contributed by atoms with van der Waals surface area (Å²) in [5.41, 5.74) is 1.20. The van der Waals surface area contributed by atoms with E-state index in [0.29, 0.717) is 18.9 Å². The third-order valence-corrected chi connectivity index (χ3v) is 4.46. The zero-order chi connectivity index (χ0) is 21.5. The Morgan fingerprint density at radius 2 is 1.87 bits per heavy atom. The zero-order valence-electron chi connectivity index (χ0n) is 16.3. The lowest BCUT2D eigenvalue weighted by molar-refractivity contribution is -0.385. The van der Waals surface area contributed by atoms with Crippen molar-refractivity contribution in [3.63, 3.8) is 0 Å². The first-order valence-electron chi connectivity index (χ1n) is 9.20. The van der Waals surface area contributed by atoms with Gasteiger partial charge >= 0.3 is 11.7 Å². The summed E-state index contributed by atoms with van der Waals surface area (Å²) in [4.78, 5) is 36.4. The SMILES string of the molecule is COC(=O)c1ccc(OCC(=O)Nc2ccc(N3CCOCC3)cc2)c([N+](=O)[O-])c1. The standard InChI is InChI=1S/C20H21N3O7/c1-28-20(25)14-2-7-18(17(12-14)23(26)27)30-13-19(24)21-15-3-5-16(6-4-15)22-8-10-29-11-9-22/h2-7,12H,8-11,13H2,1H3,(H,21,24). The molecule has 2 aromatic carbocycles. The minimum atomic E-state index is -0.706. The minimum Gasteiger partial charge on any atom is -0.477 e. The van der Waals surface area contributed by atoms with Crippen molar-refractivity contribution in [1.82, 2.24) is 0 Å². The van der Waals surface area contributed by atoms with Gasteiger partial charge in [0.15, 0.2) is 12.4 Å². The Bertz CT molecular complexity index is 924. The second-order valence-electron chi connectivity index (χ2n) is 6.41. The molecule has 1 saturated heterocycles. The zero-order valence-corrected chi connectivity index (χ0v) is 16.3. The maximum absolute atomic E-state index is 12.2. The Hall–Kier alpha value is -3.66. The lowest BCUT2D eigenvalue weighted by Gasteiger charge is -2.28. The maximum atomic E-state index is 12.2. The second-order valence-corrected chi connectivity index (χ2v) is 6.41. The molecule has 10 nitrogen and oxygen atoms in total. The number of esters is 1. The number of nitro benzene ring substituents is 1. The molecule has 2 aromatic rings. The van der Waals surface area contributed by atoms with Gasteiger partial charge in [0.2, 0.25) is 0 Å². The number of methoxy groups -OCH3 is 1. The molecule has 30 heavy (non-hydrogen) atoms. The molecule has 1 fully saturated rings. The van der Waals surface area contributed by atoms with Crippen LogP contribution in [0.3, 0.4) is 0 Å². The smallest absolute Gasteiger partial charge is 0.338 e. The first-order chi connectivity index (χ1) is 14.5. The van der Waals surface area contributed by atoms with Crippen LogP contribution < -0.4 is 15.0 Å². The van der Waals surface area contributed by atoms with Gasteiger partial charge in [0, 0.05) is 30.5 Å². The van der Waals surface area contributed by atoms with E-state index in [9.17, 15) is 19.7 Å². The second kappa shape index (κ2) is 9.70. The number of anilines is 2. The molecule has 0 unspecified atom stereocenters. The van der Waals surface area contributed by atoms with Crippen LogP contribution in [0.1, 0.15) is 10.4 Å². The number of nitrogens with one attached hydrogen (secondary N) is 1. The summed E-state index contributed by atoms with van der Waals surface area (Å²) in [5, 5.41) is 13.9. The molecular formula is C20H21N3O7. The average molecular weight is 415 g/mol. The van der Waals surface area contributed by atoms with Crippen molar-refractivity contribution in [1.29, 1.82) is 0 Å². The summed E-state index contributed by atoms with van der Waals surface area (Å²) in [6, 6.07) is 11.0. The van der Waals surface area contributed by atoms with E-state index in [0.717, 1.165) is 24.8 Å². The Morgan fingerprint density at radius 1 is 1.17 bits per heavy atom. The third kappa shape index (κ3) is 5.23. The number of nitro groups is 1. The van der Waals surface area contributed by atoms with Gasteiger partial charge in [-0.2, -0.15) is 0 Å². The fourth-order valence-electron chi connectivity index (χ4n) is 2.94. The maximum Gasteiger partial charge on any atom is 0.338 e. The number of rotatable bonds is 7. The highest BCUT2D eigenvalue weighted by Gasteiger charge is 2.20. The fraction of sp³-hybridized carbons (Fsp3) is 0.300. The molecule has 1 N–H and O–H groups in total. The summed E-state index contributed by atoms with van der Waals surface area (Å²) in [7, 11) is 1.18. The molecule has 1 aliphatic rings. The van der Waals surface area contributed by atoms with E-state index in [-0.39, 0.29) is 11.3 Å². The predicted octanol–water partition coefficient (Wildman–Crippen LogP) is 2.24. The van der Waals surface area contributed by atoms with Gasteiger partial charge in [-0.3, -0.25) is 14.9 Å². The summed E-state index contributed by atoms with van der Waals surface area (Å²) >= 11 is 0. The summed E-state index contributed by atoms with van der Waals surface area (Å²) in [5.74, 6) is -1.30. The fourth-order valence-corrected chi connectivity index (χ4v) is 2.94. The number of hydrogen-bond acceptors (Lipinski definition) is 8. The van der Waals surface area contributed by atoms with Crippen LogP contribution in [0.2, 0.25) is 0 Å².